The first-order valence-electron chi connectivity index (χ1n) is 3.99. The summed E-state index contributed by atoms with van der Waals surface area (Å²) in [5.74, 6) is -2.35. The van der Waals surface area contributed by atoms with Crippen molar-refractivity contribution in [2.24, 2.45) is 0 Å². The van der Waals surface area contributed by atoms with Crippen molar-refractivity contribution in [3.8, 4) is 0 Å². The number of hydrogen-bond donors (Lipinski definition) is 2. The molecule has 0 atom stereocenters. The second kappa shape index (κ2) is 6.64. The van der Waals surface area contributed by atoms with Gasteiger partial charge in [0.1, 0.15) is 0 Å². The van der Waals surface area contributed by atoms with Crippen molar-refractivity contribution < 1.29 is 14.7 Å². The Hall–Kier alpha value is -1.06. The lowest BCUT2D eigenvalue weighted by molar-refractivity contribution is -0.150. The molecular weight excluding hydrogens is 158 g/mol. The van der Waals surface area contributed by atoms with Crippen LogP contribution in [-0.2, 0) is 9.59 Å². The van der Waals surface area contributed by atoms with Gasteiger partial charge in [-0.15, -0.1) is 0 Å². The smallest absolute Gasteiger partial charge is 0.394 e. The Bertz CT molecular complexity index is 156. The highest BCUT2D eigenvalue weighted by molar-refractivity contribution is 6.31. The minimum absolute atomic E-state index is 0.436. The van der Waals surface area contributed by atoms with E-state index < -0.39 is 11.9 Å². The predicted octanol–water partition coefficient (Wildman–Crippen LogP) is 0.582. The number of rotatable bonds is 5. The van der Waals surface area contributed by atoms with Crippen LogP contribution in [0.5, 0.6) is 0 Å². The number of aliphatic carboxylic acids is 1. The average Bonchev–Trinajstić information content (AvgIpc) is 2.03. The molecule has 0 spiro atoms. The maximum Gasteiger partial charge on any atom is 0.394 e. The number of unbranched alkanes of at least 4 members (excludes halogenated alkanes) is 3. The maximum absolute atomic E-state index is 10.5. The molecule has 0 heterocycles. The molecule has 0 aromatic carbocycles. The summed E-state index contributed by atoms with van der Waals surface area (Å²) in [6, 6.07) is 0. The molecule has 0 aliphatic rings. The van der Waals surface area contributed by atoms with Crippen molar-refractivity contribution in [3.63, 3.8) is 0 Å². The lowest BCUT2D eigenvalue weighted by Crippen LogP contribution is -2.31. The van der Waals surface area contributed by atoms with Crippen LogP contribution >= 0.6 is 0 Å². The molecule has 0 rings (SSSR count). The van der Waals surface area contributed by atoms with Crippen LogP contribution in [0.25, 0.3) is 0 Å². The van der Waals surface area contributed by atoms with E-state index in [9.17, 15) is 9.59 Å². The number of amides is 1. The van der Waals surface area contributed by atoms with E-state index in [1.807, 2.05) is 0 Å². The Morgan fingerprint density at radius 3 is 2.42 bits per heavy atom. The standard InChI is InChI=1S/C8H14NO3/c1-2-3-4-5-6-9-7(10)8(11)12/h1-6H2,(H,9,10)(H,11,12). The van der Waals surface area contributed by atoms with E-state index in [1.54, 1.807) is 0 Å². The Kier molecular flexibility index (Phi) is 6.05. The summed E-state index contributed by atoms with van der Waals surface area (Å²) >= 11 is 0. The van der Waals surface area contributed by atoms with Crippen molar-refractivity contribution in [3.05, 3.63) is 6.92 Å². The van der Waals surface area contributed by atoms with Crippen LogP contribution in [0.4, 0.5) is 0 Å². The zero-order valence-electron chi connectivity index (χ0n) is 7.01. The van der Waals surface area contributed by atoms with Gasteiger partial charge in [-0.05, 0) is 6.42 Å². The topological polar surface area (TPSA) is 66.4 Å². The van der Waals surface area contributed by atoms with E-state index in [4.69, 9.17) is 5.11 Å². The third-order valence-electron chi connectivity index (χ3n) is 1.41. The first kappa shape index (κ1) is 10.9. The first-order valence-corrected chi connectivity index (χ1v) is 3.99. The summed E-state index contributed by atoms with van der Waals surface area (Å²) in [5.41, 5.74) is 0. The van der Waals surface area contributed by atoms with Gasteiger partial charge in [0.25, 0.3) is 0 Å². The van der Waals surface area contributed by atoms with E-state index in [-0.39, 0.29) is 0 Å². The van der Waals surface area contributed by atoms with Crippen molar-refractivity contribution in [2.45, 2.75) is 25.7 Å². The average molecular weight is 172 g/mol. The fourth-order valence-electron chi connectivity index (χ4n) is 0.756. The van der Waals surface area contributed by atoms with Crippen LogP contribution in [0.3, 0.4) is 0 Å². The Balaban J connectivity index is 3.20. The zero-order chi connectivity index (χ0) is 9.40. The summed E-state index contributed by atoms with van der Waals surface area (Å²) in [6.07, 6.45) is 3.69. The summed E-state index contributed by atoms with van der Waals surface area (Å²) in [7, 11) is 0. The molecule has 0 unspecified atom stereocenters. The third kappa shape index (κ3) is 5.70. The fraction of sp³-hybridized carbons (Fsp3) is 0.625. The van der Waals surface area contributed by atoms with E-state index in [0.717, 1.165) is 25.7 Å². The monoisotopic (exact) mass is 172 g/mol. The lowest BCUT2D eigenvalue weighted by atomic mass is 10.2. The molecule has 4 heteroatoms. The van der Waals surface area contributed by atoms with Gasteiger partial charge in [0, 0.05) is 6.54 Å². The van der Waals surface area contributed by atoms with Gasteiger partial charge in [0.15, 0.2) is 0 Å². The van der Waals surface area contributed by atoms with Crippen molar-refractivity contribution in [1.29, 1.82) is 0 Å². The van der Waals surface area contributed by atoms with E-state index >= 15 is 0 Å². The van der Waals surface area contributed by atoms with Crippen LogP contribution < -0.4 is 5.32 Å². The lowest BCUT2D eigenvalue weighted by Gasteiger charge is -2.00. The quantitative estimate of drug-likeness (QED) is 0.471. The summed E-state index contributed by atoms with van der Waals surface area (Å²) in [4.78, 5) is 20.4. The van der Waals surface area contributed by atoms with Gasteiger partial charge in [-0.25, -0.2) is 4.79 Å². The van der Waals surface area contributed by atoms with Gasteiger partial charge in [-0.2, -0.15) is 0 Å². The highest BCUT2D eigenvalue weighted by Gasteiger charge is 2.08. The number of nitrogens with one attached hydrogen (secondary N) is 1. The minimum Gasteiger partial charge on any atom is -0.474 e. The molecule has 0 aliphatic heterocycles. The third-order valence-corrected chi connectivity index (χ3v) is 1.41. The molecule has 4 nitrogen and oxygen atoms in total. The van der Waals surface area contributed by atoms with Crippen molar-refractivity contribution in [1.82, 2.24) is 5.32 Å². The van der Waals surface area contributed by atoms with Gasteiger partial charge in [-0.1, -0.05) is 26.2 Å². The van der Waals surface area contributed by atoms with Gasteiger partial charge in [0.05, 0.1) is 0 Å². The molecule has 0 saturated heterocycles. The fourth-order valence-corrected chi connectivity index (χ4v) is 0.756. The molecule has 12 heavy (non-hydrogen) atoms. The van der Waals surface area contributed by atoms with Crippen molar-refractivity contribution in [2.75, 3.05) is 6.54 Å². The second-order valence-corrected chi connectivity index (χ2v) is 2.48. The van der Waals surface area contributed by atoms with Gasteiger partial charge < -0.3 is 10.4 Å². The molecule has 0 aliphatic carbocycles. The molecule has 0 saturated carbocycles. The summed E-state index contributed by atoms with van der Waals surface area (Å²) < 4.78 is 0. The number of carboxylic acid groups (broad SMARTS) is 1. The van der Waals surface area contributed by atoms with Gasteiger partial charge in [-0.3, -0.25) is 4.79 Å². The Labute approximate surface area is 72.0 Å². The molecule has 0 aromatic rings. The minimum atomic E-state index is -1.42. The molecule has 0 bridgehead atoms. The van der Waals surface area contributed by atoms with Gasteiger partial charge in [0.2, 0.25) is 0 Å². The molecule has 69 valence electrons. The van der Waals surface area contributed by atoms with E-state index in [2.05, 4.69) is 12.2 Å². The first-order chi connectivity index (χ1) is 5.68. The van der Waals surface area contributed by atoms with Crippen molar-refractivity contribution >= 4 is 11.9 Å². The van der Waals surface area contributed by atoms with Crippen LogP contribution in [0, 0.1) is 6.92 Å². The molecule has 2 N–H and O–H groups in total. The SMILES string of the molecule is [CH2]CCCCCNC(=O)C(=O)O. The number of carbonyl (C=O) groups excluding carboxylic acids is 1. The summed E-state index contributed by atoms with van der Waals surface area (Å²) in [6.45, 7) is 4.10. The molecular formula is C8H14NO3. The van der Waals surface area contributed by atoms with Gasteiger partial charge >= 0.3 is 11.9 Å². The maximum atomic E-state index is 10.5. The number of carboxylic acids is 1. The van der Waals surface area contributed by atoms with E-state index in [1.165, 1.54) is 0 Å². The molecule has 0 fully saturated rings. The number of carbonyl (C=O) groups is 2. The zero-order valence-corrected chi connectivity index (χ0v) is 7.01. The van der Waals surface area contributed by atoms with Crippen LogP contribution in [0.2, 0.25) is 0 Å². The van der Waals surface area contributed by atoms with Crippen LogP contribution in [0.1, 0.15) is 25.7 Å². The predicted molar refractivity (Wildman–Crippen MR) is 44.5 cm³/mol. The Morgan fingerprint density at radius 2 is 1.92 bits per heavy atom. The molecule has 1 amide bonds. The van der Waals surface area contributed by atoms with E-state index in [0.29, 0.717) is 6.54 Å². The molecule has 0 aromatic heterocycles. The van der Waals surface area contributed by atoms with Crippen LogP contribution in [0.15, 0.2) is 0 Å². The second-order valence-electron chi connectivity index (χ2n) is 2.48. The Morgan fingerprint density at radius 1 is 1.25 bits per heavy atom. The normalized spacial score (nSPS) is 9.42. The van der Waals surface area contributed by atoms with Crippen LogP contribution in [-0.4, -0.2) is 23.5 Å². The number of hydrogen-bond acceptors (Lipinski definition) is 2. The largest absolute Gasteiger partial charge is 0.474 e. The summed E-state index contributed by atoms with van der Waals surface area (Å²) in [5, 5.41) is 10.4. The highest BCUT2D eigenvalue weighted by atomic mass is 16.4. The molecule has 1 radical (unpaired) electrons. The highest BCUT2D eigenvalue weighted by Crippen LogP contribution is 1.96.